The summed E-state index contributed by atoms with van der Waals surface area (Å²) in [6, 6.07) is 13.9. The lowest BCUT2D eigenvalue weighted by Gasteiger charge is -2.27. The van der Waals surface area contributed by atoms with Crippen molar-refractivity contribution in [2.45, 2.75) is 56.6 Å². The second-order valence-electron chi connectivity index (χ2n) is 9.85. The molecular formula is C31H38ClN3O5S. The molecule has 1 heterocycles. The fourth-order valence-electron chi connectivity index (χ4n) is 4.08. The van der Waals surface area contributed by atoms with E-state index in [1.807, 2.05) is 42.7 Å². The second-order valence-corrected chi connectivity index (χ2v) is 11.0. The van der Waals surface area contributed by atoms with Crippen LogP contribution in [-0.2, 0) is 26.2 Å². The number of benzene rings is 2. The Balaban J connectivity index is 1.55. The number of thioether (sulfide) groups is 1. The van der Waals surface area contributed by atoms with E-state index in [0.717, 1.165) is 46.9 Å². The molecule has 0 saturated heterocycles. The SMILES string of the molecule is COC(COCCCCCOc1c(Cl)cc(C(C)(C)c2ccc(OCc3cnc(SC)nc3)cc2)cc1C#N)OC. The first-order chi connectivity index (χ1) is 19.8. The third-order valence-corrected chi connectivity index (χ3v) is 7.55. The van der Waals surface area contributed by atoms with Crippen LogP contribution < -0.4 is 9.47 Å². The topological polar surface area (TPSA) is 95.7 Å². The standard InChI is InChI=1S/C31H38ClN3O5S/c1-31(2,24-9-11-26(12-10-24)40-20-22-18-34-30(41-5)35-19-22)25-15-23(17-33)29(27(32)16-25)39-14-8-6-7-13-38-21-28(36-3)37-4/h9-12,15-16,18-19,28H,6-8,13-14,20-21H2,1-5H3. The molecule has 0 radical (unpaired) electrons. The van der Waals surface area contributed by atoms with Gasteiger partial charge in [0, 0.05) is 44.2 Å². The number of rotatable bonds is 17. The van der Waals surface area contributed by atoms with Crippen molar-refractivity contribution in [1.29, 1.82) is 5.26 Å². The smallest absolute Gasteiger partial charge is 0.187 e. The average molecular weight is 600 g/mol. The summed E-state index contributed by atoms with van der Waals surface area (Å²) < 4.78 is 27.6. The van der Waals surface area contributed by atoms with Gasteiger partial charge in [-0.25, -0.2) is 9.97 Å². The fourth-order valence-corrected chi connectivity index (χ4v) is 4.67. The lowest BCUT2D eigenvalue weighted by Crippen LogP contribution is -2.20. The first-order valence-corrected chi connectivity index (χ1v) is 15.0. The van der Waals surface area contributed by atoms with Gasteiger partial charge in [0.1, 0.15) is 18.4 Å². The van der Waals surface area contributed by atoms with Gasteiger partial charge < -0.3 is 23.7 Å². The first kappa shape index (κ1) is 32.6. The third kappa shape index (κ3) is 9.59. The summed E-state index contributed by atoms with van der Waals surface area (Å²) in [5.74, 6) is 1.17. The number of hydrogen-bond donors (Lipinski definition) is 0. The van der Waals surface area contributed by atoms with E-state index in [0.29, 0.717) is 42.8 Å². The van der Waals surface area contributed by atoms with Gasteiger partial charge >= 0.3 is 0 Å². The zero-order valence-corrected chi connectivity index (χ0v) is 25.9. The molecule has 0 aliphatic heterocycles. The molecule has 8 nitrogen and oxygen atoms in total. The highest BCUT2D eigenvalue weighted by Gasteiger charge is 2.26. The van der Waals surface area contributed by atoms with Gasteiger partial charge in [-0.15, -0.1) is 0 Å². The molecule has 2 aromatic carbocycles. The zero-order valence-electron chi connectivity index (χ0n) is 24.3. The van der Waals surface area contributed by atoms with Gasteiger partial charge in [-0.3, -0.25) is 0 Å². The minimum Gasteiger partial charge on any atom is -0.491 e. The molecule has 0 N–H and O–H groups in total. The molecule has 3 aromatic rings. The summed E-state index contributed by atoms with van der Waals surface area (Å²) in [4.78, 5) is 8.56. The number of methoxy groups -OCH3 is 2. The lowest BCUT2D eigenvalue weighted by molar-refractivity contribution is -0.140. The van der Waals surface area contributed by atoms with Crippen LogP contribution in [0.3, 0.4) is 0 Å². The summed E-state index contributed by atoms with van der Waals surface area (Å²) in [6.07, 6.45) is 7.78. The number of aromatic nitrogens is 2. The number of halogens is 1. The molecule has 0 aliphatic carbocycles. The molecule has 3 rings (SSSR count). The van der Waals surface area contributed by atoms with E-state index < -0.39 is 5.41 Å². The molecule has 0 spiro atoms. The Morgan fingerprint density at radius 3 is 2.27 bits per heavy atom. The normalized spacial score (nSPS) is 11.5. The second kappa shape index (κ2) is 16.5. The van der Waals surface area contributed by atoms with Crippen molar-refractivity contribution in [3.8, 4) is 17.6 Å². The zero-order chi connectivity index (χ0) is 29.7. The monoisotopic (exact) mass is 599 g/mol. The highest BCUT2D eigenvalue weighted by molar-refractivity contribution is 7.98. The molecule has 0 saturated carbocycles. The van der Waals surface area contributed by atoms with Crippen molar-refractivity contribution in [3.63, 3.8) is 0 Å². The van der Waals surface area contributed by atoms with E-state index in [9.17, 15) is 5.26 Å². The number of unbranched alkanes of at least 4 members (excludes halogenated alkanes) is 2. The van der Waals surface area contributed by atoms with Crippen molar-refractivity contribution in [2.75, 3.05) is 40.3 Å². The van der Waals surface area contributed by atoms with Crippen LogP contribution in [0.5, 0.6) is 11.5 Å². The molecule has 0 atom stereocenters. The van der Waals surface area contributed by atoms with E-state index in [-0.39, 0.29) is 6.29 Å². The van der Waals surface area contributed by atoms with Crippen LogP contribution >= 0.6 is 23.4 Å². The maximum absolute atomic E-state index is 9.86. The Morgan fingerprint density at radius 2 is 1.63 bits per heavy atom. The Labute approximate surface area is 252 Å². The van der Waals surface area contributed by atoms with Crippen molar-refractivity contribution >= 4 is 23.4 Å². The molecule has 0 amide bonds. The molecule has 0 bridgehead atoms. The van der Waals surface area contributed by atoms with Crippen LogP contribution in [0.2, 0.25) is 5.02 Å². The van der Waals surface area contributed by atoms with Crippen molar-refractivity contribution in [1.82, 2.24) is 9.97 Å². The minimum atomic E-state index is -0.404. The predicted octanol–water partition coefficient (Wildman–Crippen LogP) is 6.81. The highest BCUT2D eigenvalue weighted by atomic mass is 35.5. The summed E-state index contributed by atoms with van der Waals surface area (Å²) in [5.41, 5.74) is 2.91. The highest BCUT2D eigenvalue weighted by Crippen LogP contribution is 2.38. The maximum Gasteiger partial charge on any atom is 0.187 e. The van der Waals surface area contributed by atoms with Gasteiger partial charge in [0.25, 0.3) is 0 Å². The average Bonchev–Trinajstić information content (AvgIpc) is 3.00. The largest absolute Gasteiger partial charge is 0.491 e. The Morgan fingerprint density at radius 1 is 0.951 bits per heavy atom. The number of ether oxygens (including phenoxy) is 5. The number of hydrogen-bond acceptors (Lipinski definition) is 9. The summed E-state index contributed by atoms with van der Waals surface area (Å²) in [5, 5.41) is 11.0. The van der Waals surface area contributed by atoms with Gasteiger partial charge in [0.15, 0.2) is 17.2 Å². The third-order valence-electron chi connectivity index (χ3n) is 6.69. The number of nitrogens with zero attached hydrogens (tertiary/aromatic N) is 3. The molecule has 0 fully saturated rings. The van der Waals surface area contributed by atoms with Crippen LogP contribution in [0.4, 0.5) is 0 Å². The van der Waals surface area contributed by atoms with Crippen LogP contribution in [0.1, 0.15) is 55.4 Å². The van der Waals surface area contributed by atoms with Crippen molar-refractivity contribution in [2.24, 2.45) is 0 Å². The van der Waals surface area contributed by atoms with Crippen LogP contribution in [0.25, 0.3) is 0 Å². The molecular weight excluding hydrogens is 562 g/mol. The van der Waals surface area contributed by atoms with Crippen LogP contribution in [0, 0.1) is 11.3 Å². The van der Waals surface area contributed by atoms with E-state index >= 15 is 0 Å². The van der Waals surface area contributed by atoms with Crippen molar-refractivity contribution < 1.29 is 23.7 Å². The van der Waals surface area contributed by atoms with Gasteiger partial charge in [-0.05, 0) is 60.9 Å². The molecule has 0 unspecified atom stereocenters. The van der Waals surface area contributed by atoms with Crippen LogP contribution in [-0.4, -0.2) is 56.6 Å². The summed E-state index contributed by atoms with van der Waals surface area (Å²) in [6.45, 7) is 6.07. The molecule has 1 aromatic heterocycles. The van der Waals surface area contributed by atoms with E-state index in [4.69, 9.17) is 35.3 Å². The Bertz CT molecular complexity index is 1260. The van der Waals surface area contributed by atoms with Crippen molar-refractivity contribution in [3.05, 3.63) is 76.1 Å². The van der Waals surface area contributed by atoms with Gasteiger partial charge in [0.2, 0.25) is 0 Å². The number of nitriles is 1. The fraction of sp³-hybridized carbons (Fsp3) is 0.452. The van der Waals surface area contributed by atoms with Crippen LogP contribution in [0.15, 0.2) is 53.9 Å². The summed E-state index contributed by atoms with van der Waals surface area (Å²) in [7, 11) is 3.17. The molecule has 0 aliphatic rings. The Hall–Kier alpha value is -2.87. The van der Waals surface area contributed by atoms with E-state index in [2.05, 4.69) is 29.9 Å². The van der Waals surface area contributed by atoms with Gasteiger partial charge in [0.05, 0.1) is 23.8 Å². The van der Waals surface area contributed by atoms with E-state index in [1.54, 1.807) is 26.6 Å². The molecule has 220 valence electrons. The molecule has 41 heavy (non-hydrogen) atoms. The Kier molecular flexibility index (Phi) is 13.2. The van der Waals surface area contributed by atoms with Gasteiger partial charge in [-0.2, -0.15) is 5.26 Å². The molecule has 10 heteroatoms. The summed E-state index contributed by atoms with van der Waals surface area (Å²) >= 11 is 8.14. The maximum atomic E-state index is 9.86. The lowest BCUT2D eigenvalue weighted by atomic mass is 9.77. The minimum absolute atomic E-state index is 0.347. The predicted molar refractivity (Wildman–Crippen MR) is 161 cm³/mol. The van der Waals surface area contributed by atoms with E-state index in [1.165, 1.54) is 11.8 Å². The van der Waals surface area contributed by atoms with Gasteiger partial charge in [-0.1, -0.05) is 49.3 Å². The quantitative estimate of drug-likeness (QED) is 0.0717. The first-order valence-electron chi connectivity index (χ1n) is 13.4.